The Kier molecular flexibility index (Phi) is 7.45. The van der Waals surface area contributed by atoms with Crippen molar-refractivity contribution in [1.29, 1.82) is 0 Å². The van der Waals surface area contributed by atoms with Crippen LogP contribution in [0.4, 0.5) is 11.4 Å². The van der Waals surface area contributed by atoms with Gasteiger partial charge in [-0.3, -0.25) is 14.5 Å². The lowest BCUT2D eigenvalue weighted by Gasteiger charge is -2.26. The highest BCUT2D eigenvalue weighted by Crippen LogP contribution is 2.44. The number of benzene rings is 3. The number of rotatable bonds is 8. The number of aliphatic hydroxyl groups is 1. The molecule has 2 heterocycles. The molecule has 39 heavy (non-hydrogen) atoms. The number of anilines is 2. The van der Waals surface area contributed by atoms with Crippen LogP contribution in [0.3, 0.4) is 0 Å². The van der Waals surface area contributed by atoms with E-state index in [1.165, 1.54) is 17.0 Å². The second-order valence-electron chi connectivity index (χ2n) is 9.50. The van der Waals surface area contributed by atoms with Crippen molar-refractivity contribution in [2.45, 2.75) is 32.7 Å². The molecule has 3 aromatic carbocycles. The first-order chi connectivity index (χ1) is 18.9. The molecule has 0 bridgehead atoms. The van der Waals surface area contributed by atoms with E-state index in [4.69, 9.17) is 9.47 Å². The van der Waals surface area contributed by atoms with Crippen LogP contribution in [0.25, 0.3) is 5.76 Å². The lowest BCUT2D eigenvalue weighted by Crippen LogP contribution is -2.29. The number of ether oxygens (including phenoxy) is 2. The molecular weight excluding hydrogens is 496 g/mol. The van der Waals surface area contributed by atoms with Crippen molar-refractivity contribution in [2.75, 3.05) is 36.1 Å². The lowest BCUT2D eigenvalue weighted by molar-refractivity contribution is -0.132. The van der Waals surface area contributed by atoms with E-state index in [0.717, 1.165) is 31.6 Å². The van der Waals surface area contributed by atoms with Crippen LogP contribution in [0.2, 0.25) is 0 Å². The summed E-state index contributed by atoms with van der Waals surface area (Å²) in [5, 5.41) is 21.8. The van der Waals surface area contributed by atoms with Gasteiger partial charge in [-0.1, -0.05) is 12.1 Å². The first-order valence-electron chi connectivity index (χ1n) is 13.3. The molecule has 5 rings (SSSR count). The van der Waals surface area contributed by atoms with Gasteiger partial charge in [0.15, 0.2) is 0 Å². The van der Waals surface area contributed by atoms with Crippen LogP contribution in [0.1, 0.15) is 43.9 Å². The van der Waals surface area contributed by atoms with Crippen LogP contribution in [0.5, 0.6) is 17.2 Å². The highest BCUT2D eigenvalue weighted by Gasteiger charge is 2.47. The summed E-state index contributed by atoms with van der Waals surface area (Å²) in [7, 11) is 0. The average molecular weight is 529 g/mol. The minimum absolute atomic E-state index is 0.0152. The molecule has 202 valence electrons. The average Bonchev–Trinajstić information content (AvgIpc) is 3.56. The number of aromatic hydroxyl groups is 1. The van der Waals surface area contributed by atoms with E-state index in [9.17, 15) is 19.8 Å². The predicted molar refractivity (Wildman–Crippen MR) is 150 cm³/mol. The Labute approximate surface area is 227 Å². The number of aliphatic hydroxyl groups excluding tert-OH is 1. The maximum absolute atomic E-state index is 13.5. The summed E-state index contributed by atoms with van der Waals surface area (Å²) in [6, 6.07) is 17.9. The zero-order chi connectivity index (χ0) is 27.5. The van der Waals surface area contributed by atoms with E-state index in [1.807, 2.05) is 38.1 Å². The fraction of sp³-hybridized carbons (Fsp3) is 0.290. The minimum atomic E-state index is -0.962. The third-order valence-corrected chi connectivity index (χ3v) is 7.05. The van der Waals surface area contributed by atoms with Crippen molar-refractivity contribution in [3.63, 3.8) is 0 Å². The van der Waals surface area contributed by atoms with E-state index < -0.39 is 17.7 Å². The Morgan fingerprint density at radius 1 is 0.897 bits per heavy atom. The summed E-state index contributed by atoms with van der Waals surface area (Å²) in [6.07, 6.45) is 2.28. The number of amides is 1. The second kappa shape index (κ2) is 11.1. The third-order valence-electron chi connectivity index (χ3n) is 7.05. The molecule has 2 aliphatic heterocycles. The van der Waals surface area contributed by atoms with Crippen LogP contribution >= 0.6 is 0 Å². The Morgan fingerprint density at radius 3 is 2.26 bits per heavy atom. The van der Waals surface area contributed by atoms with E-state index >= 15 is 0 Å². The molecule has 8 heteroatoms. The Bertz CT molecular complexity index is 1410. The molecule has 0 aliphatic carbocycles. The zero-order valence-electron chi connectivity index (χ0n) is 22.1. The van der Waals surface area contributed by atoms with Gasteiger partial charge in [0, 0.05) is 30.5 Å². The van der Waals surface area contributed by atoms with Crippen molar-refractivity contribution in [2.24, 2.45) is 0 Å². The molecule has 3 aromatic rings. The van der Waals surface area contributed by atoms with Gasteiger partial charge in [0.2, 0.25) is 0 Å². The largest absolute Gasteiger partial charge is 0.508 e. The molecule has 1 unspecified atom stereocenters. The smallest absolute Gasteiger partial charge is 0.300 e. The molecule has 0 saturated carbocycles. The van der Waals surface area contributed by atoms with Gasteiger partial charge in [-0.05, 0) is 80.8 Å². The summed E-state index contributed by atoms with van der Waals surface area (Å²) < 4.78 is 11.3. The monoisotopic (exact) mass is 528 g/mol. The Morgan fingerprint density at radius 2 is 1.59 bits per heavy atom. The molecule has 2 saturated heterocycles. The third kappa shape index (κ3) is 5.02. The second-order valence-corrected chi connectivity index (χ2v) is 9.50. The molecular formula is C31H32N2O6. The lowest BCUT2D eigenvalue weighted by atomic mass is 9.94. The first kappa shape index (κ1) is 26.2. The molecule has 0 spiro atoms. The number of phenols is 1. The van der Waals surface area contributed by atoms with E-state index in [1.54, 1.807) is 30.3 Å². The van der Waals surface area contributed by atoms with Crippen LogP contribution in [-0.4, -0.2) is 48.2 Å². The van der Waals surface area contributed by atoms with E-state index in [-0.39, 0.29) is 22.6 Å². The summed E-state index contributed by atoms with van der Waals surface area (Å²) in [4.78, 5) is 30.7. The van der Waals surface area contributed by atoms with Gasteiger partial charge < -0.3 is 24.6 Å². The highest BCUT2D eigenvalue weighted by molar-refractivity contribution is 6.51. The molecule has 1 amide bonds. The summed E-state index contributed by atoms with van der Waals surface area (Å²) in [6.45, 7) is 6.42. The normalized spacial score (nSPS) is 18.6. The predicted octanol–water partition coefficient (Wildman–Crippen LogP) is 5.42. The van der Waals surface area contributed by atoms with Crippen molar-refractivity contribution in [3.8, 4) is 17.2 Å². The number of carbonyl (C=O) groups excluding carboxylic acids is 2. The standard InChI is InChI=1S/C31H32N2O6/c1-3-38-24-14-15-25(26(19-24)39-4-2)29(35)27-28(20-8-7-9-23(34)18-20)33(31(37)30(27)36)22-12-10-21(11-13-22)32-16-5-6-17-32/h7-15,18-19,28,34-35H,3-6,16-17H2,1-2H3/b29-27-. The van der Waals surface area contributed by atoms with Crippen LogP contribution < -0.4 is 19.3 Å². The van der Waals surface area contributed by atoms with Gasteiger partial charge in [0.1, 0.15) is 23.0 Å². The molecule has 2 aliphatic rings. The number of carbonyl (C=O) groups is 2. The zero-order valence-corrected chi connectivity index (χ0v) is 22.1. The Hall–Kier alpha value is -4.46. The maximum atomic E-state index is 13.5. The minimum Gasteiger partial charge on any atom is -0.508 e. The topological polar surface area (TPSA) is 99.5 Å². The van der Waals surface area contributed by atoms with Crippen molar-refractivity contribution in [3.05, 3.63) is 83.4 Å². The summed E-state index contributed by atoms with van der Waals surface area (Å²) in [5.41, 5.74) is 2.25. The van der Waals surface area contributed by atoms with Gasteiger partial charge >= 0.3 is 0 Å². The van der Waals surface area contributed by atoms with Gasteiger partial charge in [-0.2, -0.15) is 0 Å². The van der Waals surface area contributed by atoms with Gasteiger partial charge in [-0.15, -0.1) is 0 Å². The van der Waals surface area contributed by atoms with Crippen LogP contribution in [-0.2, 0) is 9.59 Å². The fourth-order valence-electron chi connectivity index (χ4n) is 5.28. The van der Waals surface area contributed by atoms with E-state index in [2.05, 4.69) is 4.90 Å². The number of phenolic OH excluding ortho intramolecular Hbond substituents is 1. The summed E-state index contributed by atoms with van der Waals surface area (Å²) >= 11 is 0. The molecule has 1 atom stereocenters. The number of hydrogen-bond donors (Lipinski definition) is 2. The van der Waals surface area contributed by atoms with Crippen molar-refractivity contribution in [1.82, 2.24) is 0 Å². The highest BCUT2D eigenvalue weighted by atomic mass is 16.5. The molecule has 2 fully saturated rings. The maximum Gasteiger partial charge on any atom is 0.300 e. The number of nitrogens with zero attached hydrogens (tertiary/aromatic N) is 2. The quantitative estimate of drug-likeness (QED) is 0.229. The molecule has 2 N–H and O–H groups in total. The van der Waals surface area contributed by atoms with Crippen LogP contribution in [0, 0.1) is 0 Å². The number of ketones is 1. The molecule has 0 aromatic heterocycles. The SMILES string of the molecule is CCOc1ccc(/C(O)=C2/C(=O)C(=O)N(c3ccc(N4CCCC4)cc3)C2c2cccc(O)c2)c(OCC)c1. The number of hydrogen-bond acceptors (Lipinski definition) is 7. The van der Waals surface area contributed by atoms with Gasteiger partial charge in [-0.25, -0.2) is 0 Å². The Balaban J connectivity index is 1.64. The fourth-order valence-corrected chi connectivity index (χ4v) is 5.28. The molecule has 0 radical (unpaired) electrons. The van der Waals surface area contributed by atoms with E-state index in [0.29, 0.717) is 36.0 Å². The summed E-state index contributed by atoms with van der Waals surface area (Å²) in [5.74, 6) is -1.07. The first-order valence-corrected chi connectivity index (χ1v) is 13.3. The van der Waals surface area contributed by atoms with Gasteiger partial charge in [0.05, 0.1) is 30.4 Å². The van der Waals surface area contributed by atoms with Gasteiger partial charge in [0.25, 0.3) is 11.7 Å². The van der Waals surface area contributed by atoms with Crippen molar-refractivity contribution >= 4 is 28.8 Å². The molecule has 8 nitrogen and oxygen atoms in total. The van der Waals surface area contributed by atoms with Crippen molar-refractivity contribution < 1.29 is 29.3 Å². The van der Waals surface area contributed by atoms with Crippen LogP contribution in [0.15, 0.2) is 72.3 Å². The number of Topliss-reactive ketones (excluding diaryl/α,β-unsaturated/α-hetero) is 1.